The van der Waals surface area contributed by atoms with Gasteiger partial charge in [-0.3, -0.25) is 0 Å². The van der Waals surface area contributed by atoms with E-state index in [0.29, 0.717) is 0 Å². The normalized spacial score (nSPS) is 13.5. The monoisotopic (exact) mass is 1200 g/mol. The predicted molar refractivity (Wildman–Crippen MR) is 395 cm³/mol. The summed E-state index contributed by atoms with van der Waals surface area (Å²) in [5.74, 6) is 1.68. The van der Waals surface area contributed by atoms with Crippen molar-refractivity contribution in [1.82, 2.24) is 0 Å². The zero-order valence-electron chi connectivity index (χ0n) is 51.1. The molecule has 0 aromatic heterocycles. The molecule has 0 unspecified atom stereocenters. The second-order valence-corrected chi connectivity index (χ2v) is 25.1. The van der Waals surface area contributed by atoms with Crippen LogP contribution in [-0.2, 0) is 0 Å². The number of benzene rings is 14. The standard InChI is InChI=1S/C84H55B3N6O/c1-7-27-56(28-8-1)88(57-29-9-2-10-30-57)62-39-25-40-63(51-62)89(58-31-11-3-12-32-58)64-49-50-68-79(52-64)94-80-55-78-82-84-83(80)85(68)66-42-20-23-45-72(66)93(84)73-46-24-21-43-67(73)87(82)70-53-69-76(54-77(70)92(78)61-37-17-6-18-38-61)91(60-35-15-5-16-36-60)75-48-26-47-74-81(75)86(69)65-41-19-22-44-71(65)90(74)59-33-13-4-14-34-59/h1-55H. The minimum absolute atomic E-state index is 0.0718. The largest absolute Gasteiger partial charge is 0.458 e. The molecule has 14 aromatic carbocycles. The first-order chi connectivity index (χ1) is 46.7. The van der Waals surface area contributed by atoms with E-state index in [1.165, 1.54) is 77.8 Å². The smallest absolute Gasteiger partial charge is 0.256 e. The number of para-hydroxylation sites is 9. The van der Waals surface area contributed by atoms with Gasteiger partial charge >= 0.3 is 0 Å². The molecule has 6 aliphatic rings. The Balaban J connectivity index is 0.811. The van der Waals surface area contributed by atoms with E-state index in [2.05, 4.69) is 363 Å². The number of anilines is 18. The fraction of sp³-hybridized carbons (Fsp3) is 0. The van der Waals surface area contributed by atoms with Crippen LogP contribution in [-0.4, -0.2) is 20.1 Å². The summed E-state index contributed by atoms with van der Waals surface area (Å²) in [6, 6.07) is 123. The Kier molecular flexibility index (Phi) is 11.6. The minimum atomic E-state index is -0.144. The molecule has 10 heteroatoms. The molecule has 0 aliphatic carbocycles. The van der Waals surface area contributed by atoms with Gasteiger partial charge in [0.05, 0.1) is 0 Å². The van der Waals surface area contributed by atoms with Crippen molar-refractivity contribution in [2.24, 2.45) is 0 Å². The van der Waals surface area contributed by atoms with E-state index in [0.717, 1.165) is 85.2 Å². The lowest BCUT2D eigenvalue weighted by Gasteiger charge is -2.50. The van der Waals surface area contributed by atoms with Crippen molar-refractivity contribution in [3.8, 4) is 11.5 Å². The molecule has 0 amide bonds. The van der Waals surface area contributed by atoms with Crippen LogP contribution in [0.2, 0.25) is 0 Å². The number of rotatable bonds is 9. The molecule has 20 rings (SSSR count). The van der Waals surface area contributed by atoms with E-state index < -0.39 is 0 Å². The maximum Gasteiger partial charge on any atom is 0.256 e. The van der Waals surface area contributed by atoms with Crippen molar-refractivity contribution in [2.45, 2.75) is 0 Å². The van der Waals surface area contributed by atoms with Crippen molar-refractivity contribution < 1.29 is 4.74 Å². The van der Waals surface area contributed by atoms with Gasteiger partial charge in [-0.05, 0) is 183 Å². The zero-order chi connectivity index (χ0) is 61.5. The topological polar surface area (TPSA) is 28.7 Å². The molecule has 436 valence electrons. The van der Waals surface area contributed by atoms with Gasteiger partial charge in [-0.25, -0.2) is 0 Å². The quantitative estimate of drug-likeness (QED) is 0.133. The van der Waals surface area contributed by atoms with Crippen molar-refractivity contribution in [2.75, 3.05) is 29.4 Å². The van der Waals surface area contributed by atoms with E-state index in [1.807, 2.05) is 0 Å². The van der Waals surface area contributed by atoms with Crippen LogP contribution in [0, 0.1) is 0 Å². The first-order valence-corrected chi connectivity index (χ1v) is 32.5. The number of hydrogen-bond acceptors (Lipinski definition) is 7. The molecule has 0 saturated heterocycles. The van der Waals surface area contributed by atoms with Gasteiger partial charge < -0.3 is 34.1 Å². The van der Waals surface area contributed by atoms with Crippen molar-refractivity contribution in [3.05, 3.63) is 334 Å². The van der Waals surface area contributed by atoms with E-state index in [9.17, 15) is 0 Å². The third-order valence-corrected chi connectivity index (χ3v) is 20.2. The molecule has 6 aliphatic heterocycles. The molecule has 6 heterocycles. The van der Waals surface area contributed by atoms with Gasteiger partial charge in [0.15, 0.2) is 0 Å². The Morgan fingerprint density at radius 3 is 1.10 bits per heavy atom. The molecular formula is C84H55B3N6O. The van der Waals surface area contributed by atoms with Crippen LogP contribution in [0.25, 0.3) is 0 Å². The Labute approximate surface area is 547 Å². The Morgan fingerprint density at radius 1 is 0.213 bits per heavy atom. The highest BCUT2D eigenvalue weighted by Crippen LogP contribution is 2.52. The van der Waals surface area contributed by atoms with Gasteiger partial charge in [-0.15, -0.1) is 0 Å². The molecule has 0 radical (unpaired) electrons. The van der Waals surface area contributed by atoms with Gasteiger partial charge in [0.1, 0.15) is 11.5 Å². The minimum Gasteiger partial charge on any atom is -0.458 e. The van der Waals surface area contributed by atoms with Gasteiger partial charge in [-0.2, -0.15) is 0 Å². The average molecular weight is 1200 g/mol. The molecular weight excluding hydrogens is 1140 g/mol. The molecule has 0 bridgehead atoms. The Morgan fingerprint density at radius 2 is 0.585 bits per heavy atom. The molecule has 7 nitrogen and oxygen atoms in total. The summed E-state index contributed by atoms with van der Waals surface area (Å²) in [5.41, 5.74) is 31.4. The van der Waals surface area contributed by atoms with Gasteiger partial charge in [0, 0.05) is 115 Å². The number of fused-ring (bicyclic) bond motifs is 14. The van der Waals surface area contributed by atoms with E-state index in [1.54, 1.807) is 0 Å². The highest BCUT2D eigenvalue weighted by Gasteiger charge is 2.53. The Hall–Kier alpha value is -12.1. The maximum absolute atomic E-state index is 7.74. The lowest BCUT2D eigenvalue weighted by Crippen LogP contribution is -2.68. The molecule has 94 heavy (non-hydrogen) atoms. The second-order valence-electron chi connectivity index (χ2n) is 25.1. The summed E-state index contributed by atoms with van der Waals surface area (Å²) >= 11 is 0. The molecule has 0 atom stereocenters. The van der Waals surface area contributed by atoms with Gasteiger partial charge in [0.25, 0.3) is 20.1 Å². The van der Waals surface area contributed by atoms with Crippen molar-refractivity contribution >= 4 is 172 Å². The zero-order valence-corrected chi connectivity index (χ0v) is 51.1. The third kappa shape index (κ3) is 7.71. The number of nitrogens with zero attached hydrogens (tertiary/aromatic N) is 6. The van der Waals surface area contributed by atoms with E-state index in [-0.39, 0.29) is 20.1 Å². The fourth-order valence-corrected chi connectivity index (χ4v) is 16.5. The number of ether oxygens (including phenoxy) is 1. The van der Waals surface area contributed by atoms with E-state index in [4.69, 9.17) is 4.74 Å². The summed E-state index contributed by atoms with van der Waals surface area (Å²) in [4.78, 5) is 14.8. The lowest BCUT2D eigenvalue weighted by atomic mass is 9.28. The Bertz CT molecular complexity index is 5340. The van der Waals surface area contributed by atoms with Crippen LogP contribution < -0.4 is 83.3 Å². The summed E-state index contributed by atoms with van der Waals surface area (Å²) in [6.45, 7) is -0.354. The second kappa shape index (κ2) is 20.7. The van der Waals surface area contributed by atoms with Crippen molar-refractivity contribution in [3.63, 3.8) is 0 Å². The van der Waals surface area contributed by atoms with Crippen LogP contribution in [0.5, 0.6) is 11.5 Å². The SMILES string of the molecule is c1ccc(N(c2ccccc2)c2cccc(N(c3ccccc3)c3ccc4c(c3)Oc3cc5c6c7c3B4c3ccccc3N7c3ccccc3B6c3cc4c(cc3N5c3ccccc3)N(c3ccccc3)c3cccc5c3B4c3ccccc3N5c3ccccc3)c2)cc1. The molecule has 0 saturated carbocycles. The third-order valence-electron chi connectivity index (χ3n) is 20.2. The fourth-order valence-electron chi connectivity index (χ4n) is 16.5. The maximum atomic E-state index is 7.74. The van der Waals surface area contributed by atoms with Gasteiger partial charge in [-0.1, -0.05) is 188 Å². The highest BCUT2D eigenvalue weighted by atomic mass is 16.5. The molecule has 14 aromatic rings. The summed E-state index contributed by atoms with van der Waals surface area (Å²) < 4.78 is 7.74. The summed E-state index contributed by atoms with van der Waals surface area (Å²) in [5, 5.41) is 0. The summed E-state index contributed by atoms with van der Waals surface area (Å²) in [6.07, 6.45) is 0. The van der Waals surface area contributed by atoms with Gasteiger partial charge in [0.2, 0.25) is 0 Å². The molecule has 0 N–H and O–H groups in total. The molecule has 0 fully saturated rings. The summed E-state index contributed by atoms with van der Waals surface area (Å²) in [7, 11) is 0. The van der Waals surface area contributed by atoms with Crippen LogP contribution in [0.4, 0.5) is 102 Å². The average Bonchev–Trinajstić information content (AvgIpc) is 0.673. The lowest BCUT2D eigenvalue weighted by molar-refractivity contribution is 0.488. The van der Waals surface area contributed by atoms with Crippen molar-refractivity contribution in [1.29, 1.82) is 0 Å². The number of hydrogen-bond donors (Lipinski definition) is 0. The van der Waals surface area contributed by atoms with Crippen LogP contribution in [0.15, 0.2) is 334 Å². The predicted octanol–water partition coefficient (Wildman–Crippen LogP) is 15.7. The highest BCUT2D eigenvalue weighted by molar-refractivity contribution is 7.05. The first-order valence-electron chi connectivity index (χ1n) is 32.5. The van der Waals surface area contributed by atoms with Crippen LogP contribution in [0.3, 0.4) is 0 Å². The van der Waals surface area contributed by atoms with Crippen LogP contribution >= 0.6 is 0 Å². The molecule has 0 spiro atoms. The van der Waals surface area contributed by atoms with Crippen LogP contribution in [0.1, 0.15) is 0 Å². The van der Waals surface area contributed by atoms with E-state index >= 15 is 0 Å². The first kappa shape index (κ1) is 52.6.